The second-order valence-electron chi connectivity index (χ2n) is 6.11. The summed E-state index contributed by atoms with van der Waals surface area (Å²) in [6.45, 7) is 1.10. The zero-order valence-corrected chi connectivity index (χ0v) is 16.6. The summed E-state index contributed by atoms with van der Waals surface area (Å²) in [4.78, 5) is 12.1. The lowest BCUT2D eigenvalue weighted by Crippen LogP contribution is -2.26. The molecule has 0 aliphatic carbocycles. The third-order valence-corrected chi connectivity index (χ3v) is 4.93. The monoisotopic (exact) mass is 418 g/mol. The van der Waals surface area contributed by atoms with Crippen molar-refractivity contribution in [2.45, 2.75) is 11.6 Å². The fraction of sp³-hybridized carbons (Fsp3) is 0.250. The Kier molecular flexibility index (Phi) is 7.31. The van der Waals surface area contributed by atoms with Crippen LogP contribution in [0.1, 0.15) is 6.42 Å². The predicted molar refractivity (Wildman–Crippen MR) is 107 cm³/mol. The molecule has 9 heteroatoms. The number of carbonyl (C=O) groups excluding carboxylic acids is 1. The van der Waals surface area contributed by atoms with E-state index < -0.39 is 0 Å². The molecule has 1 N–H and O–H groups in total. The van der Waals surface area contributed by atoms with Gasteiger partial charge in [-0.2, -0.15) is 0 Å². The van der Waals surface area contributed by atoms with Crippen LogP contribution in [0, 0.1) is 11.6 Å². The minimum absolute atomic E-state index is 0.136. The van der Waals surface area contributed by atoms with E-state index in [-0.39, 0.29) is 23.3 Å². The lowest BCUT2D eigenvalue weighted by Gasteiger charge is -2.10. The first kappa shape index (κ1) is 20.9. The second-order valence-corrected chi connectivity index (χ2v) is 7.05. The largest absolute Gasteiger partial charge is 0.385 e. The number of halogens is 2. The molecule has 152 valence electrons. The molecule has 3 rings (SSSR count). The first-order valence-corrected chi connectivity index (χ1v) is 9.93. The molecule has 0 aliphatic heterocycles. The average Bonchev–Trinajstić information content (AvgIpc) is 3.15. The maximum Gasteiger partial charge on any atom is 0.230 e. The average molecular weight is 418 g/mol. The predicted octanol–water partition coefficient (Wildman–Crippen LogP) is 3.46. The van der Waals surface area contributed by atoms with E-state index in [9.17, 15) is 13.6 Å². The van der Waals surface area contributed by atoms with Crippen molar-refractivity contribution >= 4 is 17.7 Å². The van der Waals surface area contributed by atoms with Crippen LogP contribution in [0.25, 0.3) is 17.1 Å². The first-order valence-electron chi connectivity index (χ1n) is 8.94. The topological polar surface area (TPSA) is 69.0 Å². The highest BCUT2D eigenvalue weighted by molar-refractivity contribution is 7.99. The number of aromatic nitrogens is 3. The second kappa shape index (κ2) is 10.1. The van der Waals surface area contributed by atoms with E-state index in [0.29, 0.717) is 35.4 Å². The zero-order valence-electron chi connectivity index (χ0n) is 15.8. The molecule has 29 heavy (non-hydrogen) atoms. The first-order chi connectivity index (χ1) is 14.1. The molecule has 0 unspecified atom stereocenters. The van der Waals surface area contributed by atoms with E-state index >= 15 is 0 Å². The van der Waals surface area contributed by atoms with E-state index in [1.807, 2.05) is 0 Å². The highest BCUT2D eigenvalue weighted by Crippen LogP contribution is 2.28. The molecule has 3 aromatic rings. The Hall–Kier alpha value is -2.78. The third-order valence-electron chi connectivity index (χ3n) is 4.00. The third kappa shape index (κ3) is 5.61. The van der Waals surface area contributed by atoms with Gasteiger partial charge in [0, 0.05) is 31.5 Å². The number of amides is 1. The zero-order chi connectivity index (χ0) is 20.6. The summed E-state index contributed by atoms with van der Waals surface area (Å²) < 4.78 is 33.3. The molecule has 1 heterocycles. The smallest absolute Gasteiger partial charge is 0.230 e. The van der Waals surface area contributed by atoms with E-state index in [0.717, 1.165) is 6.42 Å². The maximum atomic E-state index is 13.4. The number of hydrogen-bond donors (Lipinski definition) is 1. The Morgan fingerprint density at radius 1 is 1.07 bits per heavy atom. The Morgan fingerprint density at radius 3 is 2.38 bits per heavy atom. The number of thioether (sulfide) groups is 1. The molecule has 1 amide bonds. The molecular formula is C20H20F2N4O2S. The van der Waals surface area contributed by atoms with Gasteiger partial charge in [-0.15, -0.1) is 10.2 Å². The molecule has 0 spiro atoms. The van der Waals surface area contributed by atoms with Gasteiger partial charge in [0.25, 0.3) is 0 Å². The van der Waals surface area contributed by atoms with Crippen LogP contribution in [0.3, 0.4) is 0 Å². The van der Waals surface area contributed by atoms with Gasteiger partial charge in [0.05, 0.1) is 5.75 Å². The van der Waals surface area contributed by atoms with Crippen molar-refractivity contribution in [3.05, 3.63) is 60.2 Å². The number of nitrogens with one attached hydrogen (secondary N) is 1. The van der Waals surface area contributed by atoms with Crippen LogP contribution in [0.15, 0.2) is 53.7 Å². The van der Waals surface area contributed by atoms with Gasteiger partial charge in [-0.3, -0.25) is 9.36 Å². The molecule has 0 atom stereocenters. The molecular weight excluding hydrogens is 398 g/mol. The molecule has 2 aromatic carbocycles. The summed E-state index contributed by atoms with van der Waals surface area (Å²) >= 11 is 1.21. The molecule has 0 radical (unpaired) electrons. The van der Waals surface area contributed by atoms with Gasteiger partial charge in [-0.1, -0.05) is 11.8 Å². The minimum atomic E-state index is -0.366. The Bertz CT molecular complexity index is 946. The number of carbonyl (C=O) groups is 1. The summed E-state index contributed by atoms with van der Waals surface area (Å²) in [5.41, 5.74) is 1.29. The summed E-state index contributed by atoms with van der Waals surface area (Å²) in [5.74, 6) is -0.241. The molecule has 1 aromatic heterocycles. The van der Waals surface area contributed by atoms with Crippen molar-refractivity contribution in [3.63, 3.8) is 0 Å². The van der Waals surface area contributed by atoms with Crippen molar-refractivity contribution in [1.29, 1.82) is 0 Å². The van der Waals surface area contributed by atoms with Gasteiger partial charge < -0.3 is 10.1 Å². The van der Waals surface area contributed by atoms with E-state index in [1.54, 1.807) is 35.9 Å². The van der Waals surface area contributed by atoms with Crippen molar-refractivity contribution in [2.24, 2.45) is 0 Å². The number of hydrogen-bond acceptors (Lipinski definition) is 5. The van der Waals surface area contributed by atoms with Crippen molar-refractivity contribution in [1.82, 2.24) is 20.1 Å². The number of benzene rings is 2. The van der Waals surface area contributed by atoms with Gasteiger partial charge in [0.15, 0.2) is 11.0 Å². The minimum Gasteiger partial charge on any atom is -0.385 e. The lowest BCUT2D eigenvalue weighted by molar-refractivity contribution is -0.118. The Labute approximate surface area is 171 Å². The molecule has 6 nitrogen and oxygen atoms in total. The van der Waals surface area contributed by atoms with Gasteiger partial charge in [-0.25, -0.2) is 8.78 Å². The van der Waals surface area contributed by atoms with Crippen LogP contribution in [0.5, 0.6) is 0 Å². The van der Waals surface area contributed by atoms with Gasteiger partial charge in [-0.05, 0) is 55.0 Å². The quantitative estimate of drug-likeness (QED) is 0.426. The standard InChI is InChI=1S/C20H20F2N4O2S/c1-28-12-2-11-23-18(27)13-29-20-25-24-19(14-3-5-15(21)6-4-14)26(20)17-9-7-16(22)8-10-17/h3-10H,2,11-13H2,1H3,(H,23,27). The number of methoxy groups -OCH3 is 1. The van der Waals surface area contributed by atoms with Crippen molar-refractivity contribution in [2.75, 3.05) is 26.0 Å². The Morgan fingerprint density at radius 2 is 1.72 bits per heavy atom. The molecule has 0 bridgehead atoms. The summed E-state index contributed by atoms with van der Waals surface area (Å²) in [6, 6.07) is 11.7. The van der Waals surface area contributed by atoms with Crippen LogP contribution in [0.4, 0.5) is 8.78 Å². The molecule has 0 saturated heterocycles. The normalized spacial score (nSPS) is 10.9. The van der Waals surface area contributed by atoms with Crippen LogP contribution in [0.2, 0.25) is 0 Å². The fourth-order valence-electron chi connectivity index (χ4n) is 2.60. The van der Waals surface area contributed by atoms with Crippen LogP contribution < -0.4 is 5.32 Å². The fourth-order valence-corrected chi connectivity index (χ4v) is 3.38. The highest BCUT2D eigenvalue weighted by Gasteiger charge is 2.17. The molecule has 0 fully saturated rings. The lowest BCUT2D eigenvalue weighted by atomic mass is 10.2. The molecule has 0 aliphatic rings. The van der Waals surface area contributed by atoms with E-state index in [2.05, 4.69) is 15.5 Å². The van der Waals surface area contributed by atoms with E-state index in [4.69, 9.17) is 4.74 Å². The van der Waals surface area contributed by atoms with Crippen LogP contribution >= 0.6 is 11.8 Å². The van der Waals surface area contributed by atoms with Crippen LogP contribution in [-0.2, 0) is 9.53 Å². The van der Waals surface area contributed by atoms with E-state index in [1.165, 1.54) is 36.0 Å². The van der Waals surface area contributed by atoms with Crippen LogP contribution in [-0.4, -0.2) is 46.7 Å². The summed E-state index contributed by atoms with van der Waals surface area (Å²) in [5, 5.41) is 11.7. The van der Waals surface area contributed by atoms with Crippen molar-refractivity contribution in [3.8, 4) is 17.1 Å². The van der Waals surface area contributed by atoms with Gasteiger partial charge in [0.1, 0.15) is 11.6 Å². The number of ether oxygens (including phenoxy) is 1. The Balaban J connectivity index is 1.82. The highest BCUT2D eigenvalue weighted by atomic mass is 32.2. The van der Waals surface area contributed by atoms with Gasteiger partial charge >= 0.3 is 0 Å². The summed E-state index contributed by atoms with van der Waals surface area (Å²) in [6.07, 6.45) is 0.730. The van der Waals surface area contributed by atoms with Crippen molar-refractivity contribution < 1.29 is 18.3 Å². The number of nitrogens with zero attached hydrogens (tertiary/aromatic N) is 3. The number of rotatable bonds is 9. The van der Waals surface area contributed by atoms with Gasteiger partial charge in [0.2, 0.25) is 5.91 Å². The maximum absolute atomic E-state index is 13.4. The SMILES string of the molecule is COCCCNC(=O)CSc1nnc(-c2ccc(F)cc2)n1-c1ccc(F)cc1. The molecule has 0 saturated carbocycles. The summed E-state index contributed by atoms with van der Waals surface area (Å²) in [7, 11) is 1.61.